The molecule has 1 unspecified atom stereocenters. The molecule has 42 heteroatoms. The second kappa shape index (κ2) is 34.4. The molecular weight excluding hydrogens is 1270 g/mol. The van der Waals surface area contributed by atoms with E-state index < -0.39 is 242 Å². The van der Waals surface area contributed by atoms with Crippen molar-refractivity contribution in [2.75, 3.05) is 17.3 Å². The van der Waals surface area contributed by atoms with Crippen LogP contribution in [0.4, 0.5) is 0 Å². The summed E-state index contributed by atoms with van der Waals surface area (Å²) in [6.45, 7) is -0.974. The number of carboxylic acids is 5. The Bertz CT molecular complexity index is 3400. The lowest BCUT2D eigenvalue weighted by Crippen LogP contribution is -2.62. The third-order valence-electron chi connectivity index (χ3n) is 11.2. The highest BCUT2D eigenvalue weighted by Crippen LogP contribution is 2.16. The van der Waals surface area contributed by atoms with E-state index in [4.69, 9.17) is 14.0 Å². The van der Waals surface area contributed by atoms with Crippen LogP contribution in [0.3, 0.4) is 0 Å². The number of ketones is 2. The van der Waals surface area contributed by atoms with Gasteiger partial charge in [0.15, 0.2) is 0 Å². The van der Waals surface area contributed by atoms with Crippen molar-refractivity contribution in [3.8, 4) is 0 Å². The fourth-order valence-electron chi connectivity index (χ4n) is 7.15. The lowest BCUT2D eigenvalue weighted by atomic mass is 9.93. The summed E-state index contributed by atoms with van der Waals surface area (Å²) >= 11 is 0. The van der Waals surface area contributed by atoms with Crippen molar-refractivity contribution < 1.29 is 151 Å². The van der Waals surface area contributed by atoms with E-state index in [9.17, 15) is 137 Å². The third-order valence-corrected chi connectivity index (χ3v) is 13.4. The largest absolute Gasteiger partial charge is 0.481 e. The first-order chi connectivity index (χ1) is 41.1. The molecule has 2 aromatic carbocycles. The number of amides is 7. The first-order valence-electron chi connectivity index (χ1n) is 24.7. The number of esters is 2. The molecule has 0 saturated heterocycles. The van der Waals surface area contributed by atoms with Gasteiger partial charge >= 0.3 is 41.8 Å². The number of nitrogens with one attached hydrogen (secondary N) is 7. The first kappa shape index (κ1) is 75.2. The van der Waals surface area contributed by atoms with Crippen molar-refractivity contribution in [3.05, 3.63) is 71.8 Å². The molecule has 0 bridgehead atoms. The van der Waals surface area contributed by atoms with E-state index in [1.807, 2.05) is 5.32 Å². The topological polar surface area (TPSA) is 640 Å². The van der Waals surface area contributed by atoms with E-state index in [-0.39, 0.29) is 0 Å². The SMILES string of the molecule is O=C(O)C[C@@H](NC(=O)CC(CC(=O)C(=O)OCc1ccccc1)C(=O)C(=O)OCc1ccccc1)C(=O)N[C@H](CC(=O)O)C(=O)N[C@H](CC(=O)O)C(=O)N[C@H](CC(=O)O)C(=O)N[C@H](CS(=O)(=O)O)C(=O)N[C@H](CS(=O)(=O)O)C(=O)N[C@H](CS(=O)(=O)O)C(=O)O. The summed E-state index contributed by atoms with van der Waals surface area (Å²) in [4.78, 5) is 206. The van der Waals surface area contributed by atoms with Gasteiger partial charge in [-0.15, -0.1) is 0 Å². The predicted molar refractivity (Wildman–Crippen MR) is 285 cm³/mol. The number of hydrogen-bond donors (Lipinski definition) is 15. The maximum atomic E-state index is 13.7. The van der Waals surface area contributed by atoms with Crippen LogP contribution < -0.4 is 37.2 Å². The fraction of sp³-hybridized carbons (Fsp3) is 0.404. The molecule has 8 atom stereocenters. The van der Waals surface area contributed by atoms with Crippen LogP contribution in [-0.2, 0) is 130 Å². The number of ether oxygens (including phenoxy) is 2. The molecule has 0 aliphatic rings. The molecule has 0 saturated carbocycles. The Balaban J connectivity index is 2.46. The standard InChI is InChI=1S/C47H55N7O32S3/c55-32(46(74)85-17-22-7-3-1-4-8-22)11-24(38(65)47(75)86-18-23-9-5-2-6-10-23)12-33(56)48-25(13-34(57)58)39(66)49-26(14-35(59)60)40(67)50-27(15-36(61)62)41(68)51-28(16-37(63)64)42(69)52-29(19-87(76,77)78)43(70)53-30(20-88(79,80)81)44(71)54-31(45(72)73)21-89(82,83)84/h1-10,24-31H,11-21H2,(H,48,56)(H,49,66)(H,50,67)(H,51,68)(H,52,69)(H,53,70)(H,54,71)(H,57,58)(H,59,60)(H,61,62)(H,63,64)(H,72,73)(H,76,77,78)(H,79,80,81)(H,82,83,84)/t24?,25-,26-,27-,28-,29-,30-,31-/m1/s1. The highest BCUT2D eigenvalue weighted by atomic mass is 32.2. The average Bonchev–Trinajstić information content (AvgIpc) is 3.61. The molecule has 15 N–H and O–H groups in total. The van der Waals surface area contributed by atoms with Crippen LogP contribution in [0.2, 0.25) is 0 Å². The summed E-state index contributed by atoms with van der Waals surface area (Å²) in [5.41, 5.74) is 0.765. The second-order valence-electron chi connectivity index (χ2n) is 18.5. The minimum Gasteiger partial charge on any atom is -0.481 e. The number of carbonyl (C=O) groups excluding carboxylic acids is 11. The quantitative estimate of drug-likeness (QED) is 0.0168. The van der Waals surface area contributed by atoms with E-state index in [1.165, 1.54) is 40.2 Å². The first-order valence-corrected chi connectivity index (χ1v) is 29.5. The third kappa shape index (κ3) is 29.8. The maximum Gasteiger partial charge on any atom is 0.375 e. The molecule has 39 nitrogen and oxygen atoms in total. The van der Waals surface area contributed by atoms with Crippen LogP contribution in [-0.4, -0.2) is 219 Å². The van der Waals surface area contributed by atoms with Gasteiger partial charge in [0, 0.05) is 18.8 Å². The molecule has 0 aromatic heterocycles. The zero-order chi connectivity index (χ0) is 67.7. The van der Waals surface area contributed by atoms with Gasteiger partial charge in [0.1, 0.15) is 72.8 Å². The Kier molecular flexibility index (Phi) is 29.1. The van der Waals surface area contributed by atoms with E-state index in [1.54, 1.807) is 52.3 Å². The number of Topliss-reactive ketones (excluding diaryl/α,β-unsaturated/α-hetero) is 2. The number of carboxylic acid groups (broad SMARTS) is 5. The Morgan fingerprint density at radius 2 is 0.640 bits per heavy atom. The zero-order valence-corrected chi connectivity index (χ0v) is 47.7. The van der Waals surface area contributed by atoms with Crippen molar-refractivity contribution in [1.29, 1.82) is 0 Å². The molecule has 89 heavy (non-hydrogen) atoms. The van der Waals surface area contributed by atoms with Crippen LogP contribution in [0.5, 0.6) is 0 Å². The fourth-order valence-corrected chi connectivity index (χ4v) is 9.11. The summed E-state index contributed by atoms with van der Waals surface area (Å²) in [5, 5.41) is 58.8. The Morgan fingerprint density at radius 3 is 0.955 bits per heavy atom. The van der Waals surface area contributed by atoms with Crippen LogP contribution in [0.15, 0.2) is 60.7 Å². The van der Waals surface area contributed by atoms with Gasteiger partial charge in [-0.05, 0) is 11.1 Å². The van der Waals surface area contributed by atoms with Gasteiger partial charge in [-0.25, -0.2) is 14.4 Å². The molecule has 7 amide bonds. The molecule has 0 aliphatic carbocycles. The van der Waals surface area contributed by atoms with Crippen LogP contribution in [0.25, 0.3) is 0 Å². The van der Waals surface area contributed by atoms with Crippen LogP contribution in [0, 0.1) is 5.92 Å². The van der Waals surface area contributed by atoms with Crippen molar-refractivity contribution in [1.82, 2.24) is 37.2 Å². The van der Waals surface area contributed by atoms with Crippen molar-refractivity contribution in [2.45, 2.75) is 94.0 Å². The summed E-state index contributed by atoms with van der Waals surface area (Å²) in [5.74, 6) is -37.5. The molecular formula is C47H55N7O32S3. The molecule has 0 spiro atoms. The minimum absolute atomic E-state index is 0.359. The van der Waals surface area contributed by atoms with Crippen LogP contribution >= 0.6 is 0 Å². The number of benzene rings is 2. The van der Waals surface area contributed by atoms with Gasteiger partial charge in [0.05, 0.1) is 25.7 Å². The molecule has 488 valence electrons. The van der Waals surface area contributed by atoms with Crippen molar-refractivity contribution in [2.24, 2.45) is 5.92 Å². The van der Waals surface area contributed by atoms with E-state index in [2.05, 4.69) is 0 Å². The molecule has 0 fully saturated rings. The monoisotopic (exact) mass is 1330 g/mol. The van der Waals surface area contributed by atoms with Crippen molar-refractivity contribution in [3.63, 3.8) is 0 Å². The lowest BCUT2D eigenvalue weighted by Gasteiger charge is -2.26. The number of hydrogen-bond acceptors (Lipinski definition) is 24. The molecule has 0 heterocycles. The van der Waals surface area contributed by atoms with Crippen LogP contribution in [0.1, 0.15) is 49.7 Å². The van der Waals surface area contributed by atoms with Gasteiger partial charge in [0.25, 0.3) is 30.4 Å². The summed E-state index contributed by atoms with van der Waals surface area (Å²) < 4.78 is 108. The Labute approximate surface area is 500 Å². The number of aliphatic carboxylic acids is 5. The summed E-state index contributed by atoms with van der Waals surface area (Å²) in [6, 6.07) is -3.06. The van der Waals surface area contributed by atoms with Gasteiger partial charge in [0.2, 0.25) is 52.9 Å². The molecule has 0 radical (unpaired) electrons. The average molecular weight is 1330 g/mol. The highest BCUT2D eigenvalue weighted by molar-refractivity contribution is 7.86. The second-order valence-corrected chi connectivity index (χ2v) is 23.0. The van der Waals surface area contributed by atoms with Gasteiger partial charge in [-0.3, -0.25) is 76.0 Å². The summed E-state index contributed by atoms with van der Waals surface area (Å²) in [7, 11) is -16.3. The maximum absolute atomic E-state index is 13.7. The van der Waals surface area contributed by atoms with E-state index >= 15 is 0 Å². The Morgan fingerprint density at radius 1 is 0.360 bits per heavy atom. The van der Waals surface area contributed by atoms with Gasteiger partial charge in [-0.2, -0.15) is 25.3 Å². The van der Waals surface area contributed by atoms with Crippen molar-refractivity contribution >= 4 is 125 Å². The lowest BCUT2D eigenvalue weighted by molar-refractivity contribution is -0.159. The zero-order valence-electron chi connectivity index (χ0n) is 45.3. The van der Waals surface area contributed by atoms with Gasteiger partial charge < -0.3 is 72.2 Å². The molecule has 0 aliphatic heterocycles. The van der Waals surface area contributed by atoms with Gasteiger partial charge in [-0.1, -0.05) is 60.7 Å². The number of rotatable bonds is 39. The normalized spacial score (nSPS) is 14.0. The predicted octanol–water partition coefficient (Wildman–Crippen LogP) is -6.95. The summed E-state index contributed by atoms with van der Waals surface area (Å²) in [6.07, 6.45) is -8.77. The van der Waals surface area contributed by atoms with E-state index in [0.717, 1.165) is 0 Å². The smallest absolute Gasteiger partial charge is 0.375 e. The Hall–Kier alpha value is -9.91. The molecule has 2 rings (SSSR count). The number of carbonyl (C=O) groups is 16. The highest BCUT2D eigenvalue weighted by Gasteiger charge is 2.40. The molecule has 2 aromatic rings. The van der Waals surface area contributed by atoms with E-state index in [0.29, 0.717) is 11.1 Å². The minimum atomic E-state index is -5.55.